The Labute approximate surface area is 164 Å². The van der Waals surface area contributed by atoms with E-state index in [9.17, 15) is 4.79 Å². The van der Waals surface area contributed by atoms with Crippen molar-refractivity contribution in [1.29, 1.82) is 0 Å². The molecule has 0 bridgehead atoms. The molecular formula is C21H19BrN4O. The summed E-state index contributed by atoms with van der Waals surface area (Å²) in [5.41, 5.74) is 1.92. The van der Waals surface area contributed by atoms with Crippen molar-refractivity contribution in [3.63, 3.8) is 0 Å². The van der Waals surface area contributed by atoms with Crippen molar-refractivity contribution < 1.29 is 0 Å². The molecule has 0 unspecified atom stereocenters. The van der Waals surface area contributed by atoms with Gasteiger partial charge in [-0.2, -0.15) is 0 Å². The summed E-state index contributed by atoms with van der Waals surface area (Å²) >= 11 is 3.51. The average Bonchev–Trinajstić information content (AvgIpc) is 3.35. The zero-order chi connectivity index (χ0) is 18.4. The predicted molar refractivity (Wildman–Crippen MR) is 109 cm³/mol. The smallest absolute Gasteiger partial charge is 0.263 e. The summed E-state index contributed by atoms with van der Waals surface area (Å²) in [7, 11) is 0. The van der Waals surface area contributed by atoms with E-state index in [1.807, 2.05) is 48.5 Å². The van der Waals surface area contributed by atoms with Crippen LogP contribution < -0.4 is 5.56 Å². The largest absolute Gasteiger partial charge is 0.272 e. The summed E-state index contributed by atoms with van der Waals surface area (Å²) in [6.07, 6.45) is 4.73. The van der Waals surface area contributed by atoms with Gasteiger partial charge in [0.1, 0.15) is 5.82 Å². The van der Waals surface area contributed by atoms with E-state index in [0.29, 0.717) is 23.6 Å². The zero-order valence-corrected chi connectivity index (χ0v) is 16.4. The van der Waals surface area contributed by atoms with Crippen molar-refractivity contribution in [1.82, 2.24) is 19.2 Å². The van der Waals surface area contributed by atoms with Gasteiger partial charge in [0.25, 0.3) is 5.56 Å². The third kappa shape index (κ3) is 2.79. The first-order chi connectivity index (χ1) is 13.2. The molecular weight excluding hydrogens is 404 g/mol. The standard InChI is InChI=1S/C21H19BrN4O/c22-16-10-11-18-17(12-16)20(27)25(13-14-6-2-1-3-7-14)21-24-23-19(26(18)21)15-8-4-5-9-15/h1-3,6-7,10-12,15H,4-5,8-9,13H2. The molecule has 1 fully saturated rings. The van der Waals surface area contributed by atoms with Crippen LogP contribution in [0, 0.1) is 0 Å². The highest BCUT2D eigenvalue weighted by Gasteiger charge is 2.25. The van der Waals surface area contributed by atoms with Gasteiger partial charge in [-0.1, -0.05) is 59.1 Å². The number of halogens is 1. The highest BCUT2D eigenvalue weighted by atomic mass is 79.9. The highest BCUT2D eigenvalue weighted by molar-refractivity contribution is 9.10. The fourth-order valence-corrected chi connectivity index (χ4v) is 4.52. The zero-order valence-electron chi connectivity index (χ0n) is 14.8. The Morgan fingerprint density at radius 2 is 1.81 bits per heavy atom. The summed E-state index contributed by atoms with van der Waals surface area (Å²) < 4.78 is 4.74. The van der Waals surface area contributed by atoms with Gasteiger partial charge in [0, 0.05) is 10.4 Å². The van der Waals surface area contributed by atoms with E-state index in [2.05, 4.69) is 30.5 Å². The van der Waals surface area contributed by atoms with Crippen LogP contribution in [-0.2, 0) is 6.54 Å². The van der Waals surface area contributed by atoms with Crippen LogP contribution in [0.4, 0.5) is 0 Å². The van der Waals surface area contributed by atoms with Gasteiger partial charge >= 0.3 is 0 Å². The second-order valence-electron chi connectivity index (χ2n) is 7.21. The fraction of sp³-hybridized carbons (Fsp3) is 0.286. The third-order valence-electron chi connectivity index (χ3n) is 5.49. The van der Waals surface area contributed by atoms with Gasteiger partial charge in [0.15, 0.2) is 0 Å². The Kier molecular flexibility index (Phi) is 4.08. The van der Waals surface area contributed by atoms with Gasteiger partial charge in [-0.05, 0) is 36.6 Å². The maximum Gasteiger partial charge on any atom is 0.263 e. The number of rotatable bonds is 3. The molecule has 6 heteroatoms. The van der Waals surface area contributed by atoms with E-state index in [4.69, 9.17) is 0 Å². The van der Waals surface area contributed by atoms with Crippen LogP contribution in [-0.4, -0.2) is 19.2 Å². The molecule has 4 aromatic rings. The lowest BCUT2D eigenvalue weighted by molar-refractivity contribution is 0.660. The van der Waals surface area contributed by atoms with E-state index in [1.165, 1.54) is 12.8 Å². The molecule has 0 N–H and O–H groups in total. The summed E-state index contributed by atoms with van der Waals surface area (Å²) in [6.45, 7) is 0.481. The Morgan fingerprint density at radius 3 is 2.59 bits per heavy atom. The molecule has 1 saturated carbocycles. The van der Waals surface area contributed by atoms with Crippen LogP contribution in [0.5, 0.6) is 0 Å². The molecule has 0 atom stereocenters. The number of benzene rings is 2. The molecule has 0 spiro atoms. The summed E-state index contributed by atoms with van der Waals surface area (Å²) in [5, 5.41) is 9.68. The van der Waals surface area contributed by atoms with Crippen LogP contribution in [0.15, 0.2) is 57.8 Å². The van der Waals surface area contributed by atoms with Crippen molar-refractivity contribution in [3.8, 4) is 0 Å². The molecule has 5 rings (SSSR count). The molecule has 0 radical (unpaired) electrons. The fourth-order valence-electron chi connectivity index (χ4n) is 4.16. The van der Waals surface area contributed by atoms with Crippen molar-refractivity contribution in [2.75, 3.05) is 0 Å². The first-order valence-corrected chi connectivity index (χ1v) is 10.1. The maximum absolute atomic E-state index is 13.3. The lowest BCUT2D eigenvalue weighted by atomic mass is 10.1. The number of hydrogen-bond acceptors (Lipinski definition) is 3. The van der Waals surface area contributed by atoms with Crippen LogP contribution >= 0.6 is 15.9 Å². The number of hydrogen-bond donors (Lipinski definition) is 0. The summed E-state index contributed by atoms with van der Waals surface area (Å²) in [4.78, 5) is 13.3. The highest BCUT2D eigenvalue weighted by Crippen LogP contribution is 2.34. The Morgan fingerprint density at radius 1 is 1.04 bits per heavy atom. The molecule has 27 heavy (non-hydrogen) atoms. The first kappa shape index (κ1) is 16.7. The molecule has 5 nitrogen and oxygen atoms in total. The molecule has 1 aliphatic rings. The Balaban J connectivity index is 1.82. The van der Waals surface area contributed by atoms with Gasteiger partial charge in [-0.25, -0.2) is 0 Å². The number of fused-ring (bicyclic) bond motifs is 3. The van der Waals surface area contributed by atoms with E-state index in [1.54, 1.807) is 4.57 Å². The maximum atomic E-state index is 13.3. The normalized spacial score (nSPS) is 15.1. The molecule has 0 amide bonds. The minimum absolute atomic E-state index is 0.0342. The van der Waals surface area contributed by atoms with Gasteiger partial charge in [-0.15, -0.1) is 10.2 Å². The van der Waals surface area contributed by atoms with E-state index in [-0.39, 0.29) is 5.56 Å². The van der Waals surface area contributed by atoms with Gasteiger partial charge in [0.05, 0.1) is 17.4 Å². The van der Waals surface area contributed by atoms with Crippen LogP contribution in [0.1, 0.15) is 43.0 Å². The van der Waals surface area contributed by atoms with Crippen LogP contribution in [0.2, 0.25) is 0 Å². The lowest BCUT2D eigenvalue weighted by Gasteiger charge is -2.13. The van der Waals surface area contributed by atoms with Crippen molar-refractivity contribution in [2.45, 2.75) is 38.1 Å². The topological polar surface area (TPSA) is 52.2 Å². The van der Waals surface area contributed by atoms with Crippen molar-refractivity contribution >= 4 is 32.6 Å². The lowest BCUT2D eigenvalue weighted by Crippen LogP contribution is -2.24. The molecule has 2 aromatic carbocycles. The molecule has 0 aliphatic heterocycles. The SMILES string of the molecule is O=c1c2cc(Br)ccc2n2c(C3CCCC3)nnc2n1Cc1ccccc1. The van der Waals surface area contributed by atoms with E-state index < -0.39 is 0 Å². The Bertz CT molecular complexity index is 1190. The first-order valence-electron chi connectivity index (χ1n) is 9.33. The molecule has 2 heterocycles. The van der Waals surface area contributed by atoms with E-state index >= 15 is 0 Å². The van der Waals surface area contributed by atoms with Gasteiger partial charge in [0.2, 0.25) is 5.78 Å². The minimum Gasteiger partial charge on any atom is -0.272 e. The predicted octanol–water partition coefficient (Wildman–Crippen LogP) is 4.51. The molecule has 1 aliphatic carbocycles. The van der Waals surface area contributed by atoms with E-state index in [0.717, 1.165) is 34.2 Å². The average molecular weight is 423 g/mol. The summed E-state index contributed by atoms with van der Waals surface area (Å²) in [6, 6.07) is 15.9. The van der Waals surface area contributed by atoms with Gasteiger partial charge in [-0.3, -0.25) is 13.8 Å². The molecule has 0 saturated heterocycles. The van der Waals surface area contributed by atoms with Crippen molar-refractivity contribution in [2.24, 2.45) is 0 Å². The number of aromatic nitrogens is 4. The number of nitrogens with zero attached hydrogens (tertiary/aromatic N) is 4. The minimum atomic E-state index is -0.0342. The molecule has 136 valence electrons. The monoisotopic (exact) mass is 422 g/mol. The van der Waals surface area contributed by atoms with Crippen LogP contribution in [0.3, 0.4) is 0 Å². The summed E-state index contributed by atoms with van der Waals surface area (Å²) in [5.74, 6) is 2.02. The third-order valence-corrected chi connectivity index (χ3v) is 5.98. The van der Waals surface area contributed by atoms with Gasteiger partial charge < -0.3 is 0 Å². The second kappa shape index (κ2) is 6.60. The van der Waals surface area contributed by atoms with Crippen LogP contribution in [0.25, 0.3) is 16.7 Å². The Hall–Kier alpha value is -2.47. The van der Waals surface area contributed by atoms with Crippen molar-refractivity contribution in [3.05, 3.63) is 74.7 Å². The second-order valence-corrected chi connectivity index (χ2v) is 8.13. The molecule has 2 aromatic heterocycles. The quantitative estimate of drug-likeness (QED) is 0.487.